The predicted octanol–water partition coefficient (Wildman–Crippen LogP) is 3.44. The van der Waals surface area contributed by atoms with Gasteiger partial charge in [0.2, 0.25) is 5.91 Å². The fourth-order valence-corrected chi connectivity index (χ4v) is 3.79. The maximum Gasteiger partial charge on any atom is 0.406 e. The van der Waals surface area contributed by atoms with Gasteiger partial charge in [-0.25, -0.2) is 0 Å². The number of rotatable bonds is 5. The number of hydrogen-bond donors (Lipinski definition) is 0. The Kier molecular flexibility index (Phi) is 4.64. The van der Waals surface area contributed by atoms with Gasteiger partial charge in [0, 0.05) is 18.8 Å². The molecule has 0 aliphatic heterocycles. The zero-order chi connectivity index (χ0) is 14.0. The predicted molar refractivity (Wildman–Crippen MR) is 66.9 cm³/mol. The molecule has 6 heteroatoms. The third-order valence-electron chi connectivity index (χ3n) is 4.40. The molecule has 1 amide bonds. The third-order valence-corrected chi connectivity index (χ3v) is 4.57. The number of carbonyl (C=O) groups is 1. The first-order valence-electron chi connectivity index (χ1n) is 6.79. The Morgan fingerprint density at radius 3 is 2.47 bits per heavy atom. The van der Waals surface area contributed by atoms with Crippen molar-refractivity contribution in [1.29, 1.82) is 0 Å². The van der Waals surface area contributed by atoms with Crippen LogP contribution in [0.4, 0.5) is 13.2 Å². The molecule has 0 aromatic carbocycles. The summed E-state index contributed by atoms with van der Waals surface area (Å²) in [5, 5.41) is 0. The molecule has 2 rings (SSSR count). The van der Waals surface area contributed by atoms with E-state index in [0.29, 0.717) is 11.8 Å². The first-order chi connectivity index (χ1) is 8.89. The van der Waals surface area contributed by atoms with E-state index in [2.05, 4.69) is 0 Å². The minimum Gasteiger partial charge on any atom is -0.332 e. The van der Waals surface area contributed by atoms with Crippen LogP contribution < -0.4 is 0 Å². The topological polar surface area (TPSA) is 20.3 Å². The molecule has 0 aromatic rings. The van der Waals surface area contributed by atoms with Crippen molar-refractivity contribution in [3.05, 3.63) is 0 Å². The third kappa shape index (κ3) is 4.01. The average Bonchev–Trinajstić information content (AvgIpc) is 2.88. The lowest BCUT2D eigenvalue weighted by Crippen LogP contribution is -2.41. The van der Waals surface area contributed by atoms with Crippen LogP contribution in [0.2, 0.25) is 0 Å². The summed E-state index contributed by atoms with van der Waals surface area (Å²) in [7, 11) is 0. The SMILES string of the molecule is O=C(CC1CC2CCC1C2)N(CCCl)CC(F)(F)F. The van der Waals surface area contributed by atoms with E-state index in [4.69, 9.17) is 11.6 Å². The normalized spacial score (nSPS) is 29.8. The minimum absolute atomic E-state index is 0.0271. The molecule has 0 heterocycles. The standard InChI is InChI=1S/C13H19ClF3NO/c14-3-4-18(8-13(15,16)17)12(19)7-11-6-9-1-2-10(11)5-9/h9-11H,1-8H2. The van der Waals surface area contributed by atoms with Crippen LogP contribution in [0.25, 0.3) is 0 Å². The highest BCUT2D eigenvalue weighted by atomic mass is 35.5. The van der Waals surface area contributed by atoms with Crippen LogP contribution in [0, 0.1) is 17.8 Å². The van der Waals surface area contributed by atoms with E-state index >= 15 is 0 Å². The minimum atomic E-state index is -4.35. The summed E-state index contributed by atoms with van der Waals surface area (Å²) in [6.07, 6.45) is 0.440. The molecule has 2 bridgehead atoms. The summed E-state index contributed by atoms with van der Waals surface area (Å²) < 4.78 is 37.2. The molecular weight excluding hydrogens is 279 g/mol. The number of carbonyl (C=O) groups excluding carboxylic acids is 1. The van der Waals surface area contributed by atoms with E-state index in [1.807, 2.05) is 0 Å². The Labute approximate surface area is 116 Å². The van der Waals surface area contributed by atoms with E-state index in [9.17, 15) is 18.0 Å². The maximum absolute atomic E-state index is 12.4. The maximum atomic E-state index is 12.4. The van der Waals surface area contributed by atoms with Gasteiger partial charge >= 0.3 is 6.18 Å². The Bertz CT molecular complexity index is 334. The van der Waals surface area contributed by atoms with Gasteiger partial charge in [0.25, 0.3) is 0 Å². The average molecular weight is 298 g/mol. The second-order valence-electron chi connectivity index (χ2n) is 5.76. The number of halogens is 4. The first kappa shape index (κ1) is 14.9. The highest BCUT2D eigenvalue weighted by molar-refractivity contribution is 6.18. The van der Waals surface area contributed by atoms with Gasteiger partial charge in [-0.2, -0.15) is 13.2 Å². The second kappa shape index (κ2) is 5.90. The Morgan fingerprint density at radius 2 is 2.00 bits per heavy atom. The van der Waals surface area contributed by atoms with Crippen LogP contribution in [-0.4, -0.2) is 36.0 Å². The van der Waals surface area contributed by atoms with Gasteiger partial charge in [0.15, 0.2) is 0 Å². The van der Waals surface area contributed by atoms with Crippen molar-refractivity contribution in [2.24, 2.45) is 17.8 Å². The molecular formula is C13H19ClF3NO. The lowest BCUT2D eigenvalue weighted by atomic mass is 9.86. The summed E-state index contributed by atoms with van der Waals surface area (Å²) in [5.41, 5.74) is 0. The van der Waals surface area contributed by atoms with Crippen molar-refractivity contribution in [3.8, 4) is 0 Å². The van der Waals surface area contributed by atoms with E-state index < -0.39 is 18.6 Å². The second-order valence-corrected chi connectivity index (χ2v) is 6.14. The van der Waals surface area contributed by atoms with Crippen molar-refractivity contribution in [3.63, 3.8) is 0 Å². The molecule has 2 saturated carbocycles. The van der Waals surface area contributed by atoms with Crippen molar-refractivity contribution in [2.45, 2.75) is 38.3 Å². The quantitative estimate of drug-likeness (QED) is 0.712. The Balaban J connectivity index is 1.88. The summed E-state index contributed by atoms with van der Waals surface area (Å²) in [4.78, 5) is 12.9. The van der Waals surface area contributed by atoms with Crippen molar-refractivity contribution in [1.82, 2.24) is 4.90 Å². The molecule has 110 valence electrons. The largest absolute Gasteiger partial charge is 0.406 e. The molecule has 0 saturated heterocycles. The number of alkyl halides is 4. The molecule has 3 atom stereocenters. The number of fused-ring (bicyclic) bond motifs is 2. The van der Waals surface area contributed by atoms with Gasteiger partial charge in [-0.05, 0) is 37.0 Å². The monoisotopic (exact) mass is 297 g/mol. The molecule has 0 spiro atoms. The van der Waals surface area contributed by atoms with Crippen molar-refractivity contribution < 1.29 is 18.0 Å². The molecule has 0 aromatic heterocycles. The van der Waals surface area contributed by atoms with Gasteiger partial charge in [-0.1, -0.05) is 6.42 Å². The smallest absolute Gasteiger partial charge is 0.332 e. The van der Waals surface area contributed by atoms with E-state index in [1.165, 1.54) is 6.42 Å². The summed E-state index contributed by atoms with van der Waals surface area (Å²) in [6, 6.07) is 0. The molecule has 0 N–H and O–H groups in total. The van der Waals surface area contributed by atoms with E-state index in [1.54, 1.807) is 0 Å². The summed E-state index contributed by atoms with van der Waals surface area (Å²) in [6.45, 7) is -1.21. The van der Waals surface area contributed by atoms with Crippen LogP contribution in [0.5, 0.6) is 0 Å². The van der Waals surface area contributed by atoms with Crippen molar-refractivity contribution in [2.75, 3.05) is 19.0 Å². The van der Waals surface area contributed by atoms with E-state index in [0.717, 1.165) is 24.2 Å². The molecule has 2 aliphatic carbocycles. The van der Waals surface area contributed by atoms with Crippen LogP contribution in [0.15, 0.2) is 0 Å². The van der Waals surface area contributed by atoms with Gasteiger partial charge < -0.3 is 4.90 Å². The van der Waals surface area contributed by atoms with Crippen LogP contribution in [0.3, 0.4) is 0 Å². The number of nitrogens with zero attached hydrogens (tertiary/aromatic N) is 1. The fraction of sp³-hybridized carbons (Fsp3) is 0.923. The summed E-state index contributed by atoms with van der Waals surface area (Å²) >= 11 is 5.49. The molecule has 2 fully saturated rings. The summed E-state index contributed by atoms with van der Waals surface area (Å²) in [5.74, 6) is 1.19. The van der Waals surface area contributed by atoms with Gasteiger partial charge in [-0.15, -0.1) is 11.6 Å². The molecule has 2 aliphatic rings. The molecule has 19 heavy (non-hydrogen) atoms. The van der Waals surface area contributed by atoms with Gasteiger partial charge in [-0.3, -0.25) is 4.79 Å². The highest BCUT2D eigenvalue weighted by Crippen LogP contribution is 2.49. The Morgan fingerprint density at radius 1 is 1.26 bits per heavy atom. The zero-order valence-corrected chi connectivity index (χ0v) is 11.5. The van der Waals surface area contributed by atoms with Crippen LogP contribution >= 0.6 is 11.6 Å². The lowest BCUT2D eigenvalue weighted by molar-refractivity contribution is -0.161. The van der Waals surface area contributed by atoms with Crippen LogP contribution in [0.1, 0.15) is 32.1 Å². The first-order valence-corrected chi connectivity index (χ1v) is 7.33. The lowest BCUT2D eigenvalue weighted by Gasteiger charge is -2.27. The van der Waals surface area contributed by atoms with E-state index in [-0.39, 0.29) is 24.8 Å². The zero-order valence-electron chi connectivity index (χ0n) is 10.8. The van der Waals surface area contributed by atoms with Gasteiger partial charge in [0.1, 0.15) is 6.54 Å². The highest BCUT2D eigenvalue weighted by Gasteiger charge is 2.41. The van der Waals surface area contributed by atoms with Gasteiger partial charge in [0.05, 0.1) is 0 Å². The van der Waals surface area contributed by atoms with Crippen LogP contribution in [-0.2, 0) is 4.79 Å². The number of amides is 1. The number of hydrogen-bond acceptors (Lipinski definition) is 1. The molecule has 2 nitrogen and oxygen atoms in total. The van der Waals surface area contributed by atoms with Crippen molar-refractivity contribution >= 4 is 17.5 Å². The molecule has 0 radical (unpaired) electrons. The fourth-order valence-electron chi connectivity index (χ4n) is 3.59. The molecule has 3 unspecified atom stereocenters. The Hall–Kier alpha value is -0.450.